The Morgan fingerprint density at radius 3 is 2.72 bits per heavy atom. The van der Waals surface area contributed by atoms with Crippen molar-refractivity contribution in [3.05, 3.63) is 0 Å². The van der Waals surface area contributed by atoms with E-state index in [0.717, 1.165) is 11.7 Å². The molecule has 0 amide bonds. The first-order valence-corrected chi connectivity index (χ1v) is 7.41. The molecule has 2 fully saturated rings. The minimum Gasteiger partial charge on any atom is -0.394 e. The van der Waals surface area contributed by atoms with Crippen molar-refractivity contribution < 1.29 is 9.84 Å². The van der Waals surface area contributed by atoms with Crippen LogP contribution in [0.3, 0.4) is 0 Å². The Labute approximate surface area is 115 Å². The zero-order chi connectivity index (χ0) is 13.0. The van der Waals surface area contributed by atoms with Crippen molar-refractivity contribution in [3.8, 4) is 0 Å². The Balaban J connectivity index is 1.83. The molecule has 0 aromatic carbocycles. The molecule has 1 heterocycles. The summed E-state index contributed by atoms with van der Waals surface area (Å²) in [6.45, 7) is 3.60. The molecular weight excluding hydrogens is 248 g/mol. The van der Waals surface area contributed by atoms with E-state index in [-0.39, 0.29) is 18.8 Å². The minimum absolute atomic E-state index is 0.0624. The Hall–Kier alpha value is -0.390. The molecule has 2 aliphatic rings. The van der Waals surface area contributed by atoms with Crippen LogP contribution in [0.1, 0.15) is 39.0 Å². The van der Waals surface area contributed by atoms with Gasteiger partial charge in [0.15, 0.2) is 5.11 Å². The van der Waals surface area contributed by atoms with Crippen LogP contribution in [0.15, 0.2) is 0 Å². The lowest BCUT2D eigenvalue weighted by molar-refractivity contribution is -0.0787. The van der Waals surface area contributed by atoms with Gasteiger partial charge in [0.1, 0.15) is 0 Å². The monoisotopic (exact) mass is 272 g/mol. The molecule has 1 saturated carbocycles. The van der Waals surface area contributed by atoms with Crippen molar-refractivity contribution in [1.82, 2.24) is 10.2 Å². The molecule has 1 aliphatic heterocycles. The summed E-state index contributed by atoms with van der Waals surface area (Å²) in [5.41, 5.74) is 0. The predicted molar refractivity (Wildman–Crippen MR) is 75.6 cm³/mol. The summed E-state index contributed by atoms with van der Waals surface area (Å²) >= 11 is 5.49. The molecule has 0 spiro atoms. The molecule has 0 aromatic rings. The number of hydrogen-bond acceptors (Lipinski definition) is 3. The smallest absolute Gasteiger partial charge is 0.169 e. The fraction of sp³-hybridized carbons (Fsp3) is 0.923. The van der Waals surface area contributed by atoms with Crippen LogP contribution >= 0.6 is 12.2 Å². The number of ether oxygens (including phenoxy) is 1. The van der Waals surface area contributed by atoms with Gasteiger partial charge in [-0.25, -0.2) is 0 Å². The molecule has 104 valence electrons. The molecular formula is C13H24N2O2S. The lowest BCUT2D eigenvalue weighted by Gasteiger charge is -2.39. The fourth-order valence-corrected chi connectivity index (χ4v) is 3.14. The van der Waals surface area contributed by atoms with Crippen molar-refractivity contribution in [2.45, 2.75) is 57.3 Å². The summed E-state index contributed by atoms with van der Waals surface area (Å²) in [5, 5.41) is 13.5. The molecule has 1 aliphatic carbocycles. The van der Waals surface area contributed by atoms with Crippen LogP contribution in [0.4, 0.5) is 0 Å². The first kappa shape index (κ1) is 14.0. The van der Waals surface area contributed by atoms with E-state index in [2.05, 4.69) is 10.2 Å². The van der Waals surface area contributed by atoms with E-state index in [0.29, 0.717) is 12.6 Å². The highest BCUT2D eigenvalue weighted by Crippen LogP contribution is 2.18. The summed E-state index contributed by atoms with van der Waals surface area (Å²) < 4.78 is 5.63. The Kier molecular flexibility index (Phi) is 5.21. The summed E-state index contributed by atoms with van der Waals surface area (Å²) in [6, 6.07) is 0.539. The normalized spacial score (nSPS) is 30.2. The molecule has 18 heavy (non-hydrogen) atoms. The summed E-state index contributed by atoms with van der Waals surface area (Å²) in [7, 11) is 0. The molecule has 2 N–H and O–H groups in total. The van der Waals surface area contributed by atoms with Crippen molar-refractivity contribution in [2.24, 2.45) is 0 Å². The molecule has 0 aromatic heterocycles. The molecule has 5 heteroatoms. The van der Waals surface area contributed by atoms with Gasteiger partial charge in [-0.1, -0.05) is 19.3 Å². The lowest BCUT2D eigenvalue weighted by atomic mass is 9.96. The third-order valence-corrected chi connectivity index (χ3v) is 4.13. The van der Waals surface area contributed by atoms with Gasteiger partial charge in [-0.2, -0.15) is 0 Å². The van der Waals surface area contributed by atoms with E-state index in [9.17, 15) is 5.11 Å². The predicted octanol–water partition coefficient (Wildman–Crippen LogP) is 1.28. The second kappa shape index (κ2) is 6.68. The number of thiocarbonyl (C=S) groups is 1. The Morgan fingerprint density at radius 2 is 2.06 bits per heavy atom. The Bertz CT molecular complexity index is 282. The SMILES string of the molecule is CC1CN(C(=S)NC2CCCCC2)CC(CO)O1. The van der Waals surface area contributed by atoms with E-state index in [4.69, 9.17) is 17.0 Å². The van der Waals surface area contributed by atoms with E-state index in [1.807, 2.05) is 6.92 Å². The number of nitrogens with one attached hydrogen (secondary N) is 1. The van der Waals surface area contributed by atoms with Gasteiger partial charge in [0.2, 0.25) is 0 Å². The summed E-state index contributed by atoms with van der Waals surface area (Å²) in [4.78, 5) is 2.14. The fourth-order valence-electron chi connectivity index (χ4n) is 2.82. The summed E-state index contributed by atoms with van der Waals surface area (Å²) in [6.07, 6.45) is 6.43. The van der Waals surface area contributed by atoms with Crippen molar-refractivity contribution in [1.29, 1.82) is 0 Å². The number of nitrogens with zero attached hydrogens (tertiary/aromatic N) is 1. The molecule has 0 bridgehead atoms. The highest BCUT2D eigenvalue weighted by Gasteiger charge is 2.27. The second-order valence-electron chi connectivity index (χ2n) is 5.44. The van der Waals surface area contributed by atoms with Crippen molar-refractivity contribution in [2.75, 3.05) is 19.7 Å². The number of aliphatic hydroxyl groups is 1. The minimum atomic E-state index is -0.111. The number of aliphatic hydroxyl groups excluding tert-OH is 1. The highest BCUT2D eigenvalue weighted by atomic mass is 32.1. The molecule has 2 atom stereocenters. The number of hydrogen-bond donors (Lipinski definition) is 2. The summed E-state index contributed by atoms with van der Waals surface area (Å²) in [5.74, 6) is 0. The van der Waals surface area contributed by atoms with Crippen LogP contribution in [0.5, 0.6) is 0 Å². The van der Waals surface area contributed by atoms with Crippen LogP contribution < -0.4 is 5.32 Å². The third kappa shape index (κ3) is 3.80. The molecule has 0 radical (unpaired) electrons. The van der Waals surface area contributed by atoms with Crippen molar-refractivity contribution in [3.63, 3.8) is 0 Å². The average Bonchev–Trinajstić information content (AvgIpc) is 2.39. The maximum absolute atomic E-state index is 9.21. The van der Waals surface area contributed by atoms with Crippen LogP contribution in [0.2, 0.25) is 0 Å². The Morgan fingerprint density at radius 1 is 1.33 bits per heavy atom. The van der Waals surface area contributed by atoms with Gasteiger partial charge in [0.05, 0.1) is 18.8 Å². The molecule has 2 unspecified atom stereocenters. The van der Waals surface area contributed by atoms with Gasteiger partial charge in [0, 0.05) is 19.1 Å². The van der Waals surface area contributed by atoms with Gasteiger partial charge in [-0.15, -0.1) is 0 Å². The van der Waals surface area contributed by atoms with Gasteiger partial charge in [-0.05, 0) is 32.0 Å². The van der Waals surface area contributed by atoms with Crippen LogP contribution in [0.25, 0.3) is 0 Å². The van der Waals surface area contributed by atoms with Crippen LogP contribution in [-0.2, 0) is 4.74 Å². The maximum Gasteiger partial charge on any atom is 0.169 e. The quantitative estimate of drug-likeness (QED) is 0.741. The van der Waals surface area contributed by atoms with Crippen LogP contribution in [-0.4, -0.2) is 53.1 Å². The van der Waals surface area contributed by atoms with E-state index < -0.39 is 0 Å². The molecule has 1 saturated heterocycles. The van der Waals surface area contributed by atoms with Gasteiger partial charge >= 0.3 is 0 Å². The maximum atomic E-state index is 9.21. The topological polar surface area (TPSA) is 44.7 Å². The van der Waals surface area contributed by atoms with Crippen LogP contribution in [0, 0.1) is 0 Å². The van der Waals surface area contributed by atoms with E-state index >= 15 is 0 Å². The zero-order valence-corrected chi connectivity index (χ0v) is 11.9. The third-order valence-electron chi connectivity index (χ3n) is 3.75. The van der Waals surface area contributed by atoms with E-state index in [1.165, 1.54) is 32.1 Å². The zero-order valence-electron chi connectivity index (χ0n) is 11.1. The second-order valence-corrected chi connectivity index (χ2v) is 5.83. The van der Waals surface area contributed by atoms with E-state index in [1.54, 1.807) is 0 Å². The first-order chi connectivity index (χ1) is 8.69. The van der Waals surface area contributed by atoms with Gasteiger partial charge < -0.3 is 20.1 Å². The van der Waals surface area contributed by atoms with Crippen molar-refractivity contribution >= 4 is 17.3 Å². The lowest BCUT2D eigenvalue weighted by Crippen LogP contribution is -2.54. The number of rotatable bonds is 2. The average molecular weight is 272 g/mol. The molecule has 4 nitrogen and oxygen atoms in total. The largest absolute Gasteiger partial charge is 0.394 e. The standard InChI is InChI=1S/C13H24N2O2S/c1-10-7-15(8-12(9-16)17-10)13(18)14-11-5-3-2-4-6-11/h10-12,16H,2-9H2,1H3,(H,14,18). The van der Waals surface area contributed by atoms with Gasteiger partial charge in [-0.3, -0.25) is 0 Å². The van der Waals surface area contributed by atoms with Gasteiger partial charge in [0.25, 0.3) is 0 Å². The first-order valence-electron chi connectivity index (χ1n) is 7.01. The number of morpholine rings is 1. The highest BCUT2D eigenvalue weighted by molar-refractivity contribution is 7.80. The molecule has 2 rings (SSSR count).